The number of carbonyl (C=O) groups is 1. The van der Waals surface area contributed by atoms with Gasteiger partial charge in [-0.2, -0.15) is 0 Å². The monoisotopic (exact) mass is 420 g/mol. The quantitative estimate of drug-likeness (QED) is 0.541. The summed E-state index contributed by atoms with van der Waals surface area (Å²) in [5, 5.41) is 10.1. The maximum absolute atomic E-state index is 13.2. The molecule has 2 N–H and O–H groups in total. The van der Waals surface area contributed by atoms with Crippen LogP contribution >= 0.6 is 11.3 Å². The Morgan fingerprint density at radius 2 is 1.90 bits per heavy atom. The number of amides is 1. The number of benzene rings is 2. The second-order valence-corrected chi connectivity index (χ2v) is 10.6. The predicted octanol–water partition coefficient (Wildman–Crippen LogP) is 5.92. The Bertz CT molecular complexity index is 1140. The Hall–Kier alpha value is -2.53. The molecule has 2 aromatic carbocycles. The normalized spacial score (nSPS) is 20.9. The van der Waals surface area contributed by atoms with E-state index < -0.39 is 0 Å². The maximum atomic E-state index is 13.2. The van der Waals surface area contributed by atoms with E-state index in [-0.39, 0.29) is 17.5 Å². The van der Waals surface area contributed by atoms with E-state index in [1.165, 1.54) is 10.4 Å². The van der Waals surface area contributed by atoms with Gasteiger partial charge in [0.1, 0.15) is 16.9 Å². The van der Waals surface area contributed by atoms with Gasteiger partial charge < -0.3 is 15.4 Å². The highest BCUT2D eigenvalue weighted by atomic mass is 32.1. The largest absolute Gasteiger partial charge is 0.496 e. The molecule has 0 bridgehead atoms. The molecule has 1 amide bonds. The average Bonchev–Trinajstić information content (AvgIpc) is 3.10. The number of thiophene rings is 1. The zero-order valence-electron chi connectivity index (χ0n) is 18.0. The summed E-state index contributed by atoms with van der Waals surface area (Å²) in [7, 11) is 1.68. The average molecular weight is 421 g/mol. The van der Waals surface area contributed by atoms with Crippen molar-refractivity contribution in [1.29, 1.82) is 0 Å². The van der Waals surface area contributed by atoms with Crippen LogP contribution in [0.4, 0.5) is 5.00 Å². The lowest BCUT2D eigenvalue weighted by molar-refractivity contribution is 0.0934. The zero-order chi connectivity index (χ0) is 21.0. The second-order valence-electron chi connectivity index (χ2n) is 9.47. The molecule has 0 unspecified atom stereocenters. The molecule has 0 spiro atoms. The van der Waals surface area contributed by atoms with Gasteiger partial charge in [-0.25, -0.2) is 0 Å². The van der Waals surface area contributed by atoms with Crippen LogP contribution in [0.3, 0.4) is 0 Å². The summed E-state index contributed by atoms with van der Waals surface area (Å²) in [6.45, 7) is 6.97. The first-order valence-corrected chi connectivity index (χ1v) is 11.5. The standard InChI is InChI=1S/C25H28N2O2S/c1-25(2,3)15-10-11-17-19(13-15)30-24-21(17)23(28)26-22(27-24)20-16-8-6-5-7-14(16)9-12-18(20)29-4/h5-9,12,15,22,27H,10-11,13H2,1-4H3,(H,26,28)/t15-,22-/m0/s1. The van der Waals surface area contributed by atoms with Crippen LogP contribution < -0.4 is 15.4 Å². The van der Waals surface area contributed by atoms with Crippen LogP contribution in [0.5, 0.6) is 5.75 Å². The van der Waals surface area contributed by atoms with Crippen molar-refractivity contribution in [2.45, 2.75) is 46.2 Å². The first-order chi connectivity index (χ1) is 14.4. The van der Waals surface area contributed by atoms with Gasteiger partial charge in [0.25, 0.3) is 5.91 Å². The Kier molecular flexibility index (Phi) is 4.55. The van der Waals surface area contributed by atoms with Crippen molar-refractivity contribution in [3.05, 3.63) is 58.0 Å². The topological polar surface area (TPSA) is 50.4 Å². The molecule has 0 fully saturated rings. The van der Waals surface area contributed by atoms with Crippen molar-refractivity contribution >= 4 is 33.0 Å². The highest BCUT2D eigenvalue weighted by molar-refractivity contribution is 7.16. The Labute approximate surface area is 181 Å². The summed E-state index contributed by atoms with van der Waals surface area (Å²) in [5.74, 6) is 1.46. The molecule has 0 saturated carbocycles. The molecule has 2 atom stereocenters. The third-order valence-corrected chi connectivity index (χ3v) is 7.89. The molecule has 1 aliphatic carbocycles. The lowest BCUT2D eigenvalue weighted by Crippen LogP contribution is -2.38. The number of fused-ring (bicyclic) bond motifs is 4. The summed E-state index contributed by atoms with van der Waals surface area (Å²) in [6, 6.07) is 12.3. The molecule has 1 aromatic heterocycles. The first-order valence-electron chi connectivity index (χ1n) is 10.6. The number of hydrogen-bond acceptors (Lipinski definition) is 4. The van der Waals surface area contributed by atoms with Crippen LogP contribution in [0.1, 0.15) is 59.7 Å². The molecule has 30 heavy (non-hydrogen) atoms. The van der Waals surface area contributed by atoms with E-state index in [0.29, 0.717) is 5.92 Å². The highest BCUT2D eigenvalue weighted by Gasteiger charge is 2.37. The van der Waals surface area contributed by atoms with Crippen molar-refractivity contribution in [2.24, 2.45) is 11.3 Å². The molecule has 2 aliphatic rings. The van der Waals surface area contributed by atoms with E-state index in [4.69, 9.17) is 4.74 Å². The fraction of sp³-hybridized carbons (Fsp3) is 0.400. The van der Waals surface area contributed by atoms with E-state index in [2.05, 4.69) is 49.6 Å². The maximum Gasteiger partial charge on any atom is 0.256 e. The minimum absolute atomic E-state index is 0.0236. The van der Waals surface area contributed by atoms with Crippen molar-refractivity contribution in [2.75, 3.05) is 12.4 Å². The molecule has 2 heterocycles. The van der Waals surface area contributed by atoms with Gasteiger partial charge in [-0.15, -0.1) is 11.3 Å². The van der Waals surface area contributed by atoms with Crippen molar-refractivity contribution in [3.63, 3.8) is 0 Å². The van der Waals surface area contributed by atoms with Crippen molar-refractivity contribution in [3.8, 4) is 5.75 Å². The van der Waals surface area contributed by atoms with Crippen LogP contribution in [-0.2, 0) is 12.8 Å². The number of rotatable bonds is 2. The minimum atomic E-state index is -0.315. The summed E-state index contributed by atoms with van der Waals surface area (Å²) < 4.78 is 5.67. The van der Waals surface area contributed by atoms with Crippen LogP contribution in [0.15, 0.2) is 36.4 Å². The van der Waals surface area contributed by atoms with Gasteiger partial charge in [-0.05, 0) is 53.0 Å². The van der Waals surface area contributed by atoms with E-state index in [1.54, 1.807) is 18.4 Å². The number of methoxy groups -OCH3 is 1. The van der Waals surface area contributed by atoms with Gasteiger partial charge in [-0.3, -0.25) is 4.79 Å². The summed E-state index contributed by atoms with van der Waals surface area (Å²) in [5.41, 5.74) is 3.38. The Morgan fingerprint density at radius 3 is 2.67 bits per heavy atom. The Balaban J connectivity index is 1.56. The predicted molar refractivity (Wildman–Crippen MR) is 124 cm³/mol. The van der Waals surface area contributed by atoms with Crippen molar-refractivity contribution < 1.29 is 9.53 Å². The van der Waals surface area contributed by atoms with Gasteiger partial charge in [0.05, 0.1) is 12.7 Å². The van der Waals surface area contributed by atoms with E-state index in [0.717, 1.165) is 51.9 Å². The molecule has 4 nitrogen and oxygen atoms in total. The third-order valence-electron chi connectivity index (χ3n) is 6.71. The SMILES string of the molecule is COc1ccc2ccccc2c1[C@H]1NC(=O)c2c(sc3c2CC[C@H](C(C)(C)C)C3)N1. The van der Waals surface area contributed by atoms with E-state index in [1.807, 2.05) is 18.2 Å². The first kappa shape index (κ1) is 19.4. The molecule has 0 saturated heterocycles. The van der Waals surface area contributed by atoms with Crippen LogP contribution in [0.25, 0.3) is 10.8 Å². The molecule has 1 aliphatic heterocycles. The molecular formula is C25H28N2O2S. The van der Waals surface area contributed by atoms with Crippen molar-refractivity contribution in [1.82, 2.24) is 5.32 Å². The van der Waals surface area contributed by atoms with Crippen LogP contribution in [0.2, 0.25) is 0 Å². The van der Waals surface area contributed by atoms with Gasteiger partial charge in [0.15, 0.2) is 0 Å². The van der Waals surface area contributed by atoms with Crippen LogP contribution in [0, 0.1) is 11.3 Å². The fourth-order valence-electron chi connectivity index (χ4n) is 4.93. The fourth-order valence-corrected chi connectivity index (χ4v) is 6.29. The van der Waals surface area contributed by atoms with Gasteiger partial charge in [0.2, 0.25) is 0 Å². The third kappa shape index (κ3) is 3.07. The Morgan fingerprint density at radius 1 is 1.10 bits per heavy atom. The molecule has 0 radical (unpaired) electrons. The van der Waals surface area contributed by atoms with Gasteiger partial charge in [0, 0.05) is 10.4 Å². The smallest absolute Gasteiger partial charge is 0.256 e. The second kappa shape index (κ2) is 7.02. The lowest BCUT2D eigenvalue weighted by atomic mass is 9.72. The number of hydrogen-bond donors (Lipinski definition) is 2. The molecular weight excluding hydrogens is 392 g/mol. The molecule has 5 heteroatoms. The number of nitrogens with one attached hydrogen (secondary N) is 2. The number of ether oxygens (including phenoxy) is 1. The van der Waals surface area contributed by atoms with E-state index >= 15 is 0 Å². The highest BCUT2D eigenvalue weighted by Crippen LogP contribution is 2.47. The lowest BCUT2D eigenvalue weighted by Gasteiger charge is -2.34. The summed E-state index contributed by atoms with van der Waals surface area (Å²) in [6.07, 6.45) is 2.88. The number of carbonyl (C=O) groups excluding carboxylic acids is 1. The summed E-state index contributed by atoms with van der Waals surface area (Å²) >= 11 is 1.77. The summed E-state index contributed by atoms with van der Waals surface area (Å²) in [4.78, 5) is 14.6. The van der Waals surface area contributed by atoms with Gasteiger partial charge in [-0.1, -0.05) is 51.1 Å². The molecule has 5 rings (SSSR count). The number of anilines is 1. The molecule has 3 aromatic rings. The molecule has 156 valence electrons. The van der Waals surface area contributed by atoms with Crippen LogP contribution in [-0.4, -0.2) is 13.0 Å². The minimum Gasteiger partial charge on any atom is -0.496 e. The van der Waals surface area contributed by atoms with E-state index in [9.17, 15) is 4.79 Å². The zero-order valence-corrected chi connectivity index (χ0v) is 18.8. The van der Waals surface area contributed by atoms with Gasteiger partial charge >= 0.3 is 0 Å².